The normalized spacial score (nSPS) is 19.8. The largest absolute Gasteiger partial charge is 0.495 e. The molecule has 0 spiro atoms. The highest BCUT2D eigenvalue weighted by Crippen LogP contribution is 2.29. The highest BCUT2D eigenvalue weighted by atomic mass is 16.5. The molecule has 10 nitrogen and oxygen atoms in total. The molecule has 0 amide bonds. The van der Waals surface area contributed by atoms with Crippen molar-refractivity contribution in [2.75, 3.05) is 32.1 Å². The second-order valence-corrected chi connectivity index (χ2v) is 9.32. The molecule has 1 saturated heterocycles. The summed E-state index contributed by atoms with van der Waals surface area (Å²) in [6.45, 7) is 3.88. The van der Waals surface area contributed by atoms with Crippen LogP contribution in [-0.2, 0) is 0 Å². The van der Waals surface area contributed by atoms with E-state index >= 15 is 0 Å². The highest BCUT2D eigenvalue weighted by Gasteiger charge is 2.30. The van der Waals surface area contributed by atoms with Crippen molar-refractivity contribution in [3.63, 3.8) is 0 Å². The summed E-state index contributed by atoms with van der Waals surface area (Å²) in [7, 11) is 3.84. The van der Waals surface area contributed by atoms with E-state index in [9.17, 15) is 4.79 Å². The summed E-state index contributed by atoms with van der Waals surface area (Å²) >= 11 is 0. The Morgan fingerprint density at radius 2 is 1.94 bits per heavy atom. The number of methoxy groups -OCH3 is 1. The molecule has 3 aromatic rings. The molecule has 0 bridgehead atoms. The monoisotopic (exact) mass is 464 g/mol. The van der Waals surface area contributed by atoms with E-state index in [4.69, 9.17) is 4.74 Å². The zero-order valence-electron chi connectivity index (χ0n) is 20.0. The molecule has 0 aromatic carbocycles. The fraction of sp³-hybridized carbons (Fsp3) is 0.542. The van der Waals surface area contributed by atoms with E-state index in [0.29, 0.717) is 23.2 Å². The predicted octanol–water partition coefficient (Wildman–Crippen LogP) is 2.43. The average molecular weight is 465 g/mol. The Balaban J connectivity index is 1.31. The maximum Gasteiger partial charge on any atom is 0.254 e. The van der Waals surface area contributed by atoms with E-state index in [1.165, 1.54) is 31.9 Å². The van der Waals surface area contributed by atoms with Gasteiger partial charge in [-0.15, -0.1) is 10.2 Å². The van der Waals surface area contributed by atoms with Gasteiger partial charge in [0.05, 0.1) is 19.5 Å². The second kappa shape index (κ2) is 9.54. The van der Waals surface area contributed by atoms with E-state index in [2.05, 4.69) is 37.4 Å². The Morgan fingerprint density at radius 1 is 1.12 bits per heavy atom. The number of ether oxygens (including phenoxy) is 1. The molecule has 4 heterocycles. The van der Waals surface area contributed by atoms with Gasteiger partial charge in [-0.3, -0.25) is 14.3 Å². The summed E-state index contributed by atoms with van der Waals surface area (Å²) in [5.41, 5.74) is 2.06. The van der Waals surface area contributed by atoms with Gasteiger partial charge in [0.2, 0.25) is 0 Å². The van der Waals surface area contributed by atoms with Crippen LogP contribution in [0.25, 0.3) is 11.4 Å². The van der Waals surface area contributed by atoms with Crippen molar-refractivity contribution < 1.29 is 4.74 Å². The Bertz CT molecular complexity index is 1190. The van der Waals surface area contributed by atoms with Crippen LogP contribution < -0.4 is 15.2 Å². The van der Waals surface area contributed by atoms with Crippen LogP contribution in [0.2, 0.25) is 0 Å². The van der Waals surface area contributed by atoms with Gasteiger partial charge >= 0.3 is 0 Å². The Hall–Kier alpha value is -3.27. The number of nitrogens with zero attached hydrogens (tertiary/aromatic N) is 8. The zero-order chi connectivity index (χ0) is 23.7. The lowest BCUT2D eigenvalue weighted by Gasteiger charge is -2.44. The first kappa shape index (κ1) is 22.5. The van der Waals surface area contributed by atoms with Gasteiger partial charge in [0.1, 0.15) is 23.3 Å². The van der Waals surface area contributed by atoms with E-state index < -0.39 is 0 Å². The van der Waals surface area contributed by atoms with Crippen LogP contribution in [0.3, 0.4) is 0 Å². The lowest BCUT2D eigenvalue weighted by atomic mass is 9.89. The molecule has 2 aliphatic rings. The smallest absolute Gasteiger partial charge is 0.254 e. The molecule has 5 rings (SSSR count). The maximum atomic E-state index is 13.1. The van der Waals surface area contributed by atoms with Gasteiger partial charge in [-0.2, -0.15) is 5.10 Å². The molecular formula is C24H32N8O2. The number of hydrogen-bond donors (Lipinski definition) is 0. The standard InChI is InChI=1S/C24H32N8O2/c1-17(32-16-23(27-28-32)22-13-21(34-3)14-25-26-22)31-11-9-19(12-24(31)33)30-10-5-8-20(15-30)29(2)18-6-4-7-18/h9,11-14,16-18,20H,4-8,10,15H2,1-3H3/t17?,20-/m1/s1. The minimum absolute atomic E-state index is 0.0577. The minimum atomic E-state index is -0.333. The van der Waals surface area contributed by atoms with Crippen molar-refractivity contribution in [1.29, 1.82) is 0 Å². The molecule has 3 aromatic heterocycles. The number of aromatic nitrogens is 6. The number of rotatable bonds is 7. The van der Waals surface area contributed by atoms with Gasteiger partial charge in [-0.25, -0.2) is 4.68 Å². The third-order valence-corrected chi connectivity index (χ3v) is 7.34. The van der Waals surface area contributed by atoms with Crippen LogP contribution in [0.1, 0.15) is 45.2 Å². The van der Waals surface area contributed by atoms with Crippen molar-refractivity contribution in [2.45, 2.75) is 57.3 Å². The molecular weight excluding hydrogens is 432 g/mol. The molecule has 34 heavy (non-hydrogen) atoms. The van der Waals surface area contributed by atoms with Crippen molar-refractivity contribution in [3.05, 3.63) is 47.1 Å². The summed E-state index contributed by atoms with van der Waals surface area (Å²) in [4.78, 5) is 18.0. The van der Waals surface area contributed by atoms with Gasteiger partial charge in [0, 0.05) is 49.2 Å². The number of likely N-dealkylation sites (N-methyl/N-ethyl adjacent to an activating group) is 1. The van der Waals surface area contributed by atoms with Gasteiger partial charge < -0.3 is 9.64 Å². The summed E-state index contributed by atoms with van der Waals surface area (Å²) in [6, 6.07) is 6.81. The average Bonchev–Trinajstić information content (AvgIpc) is 3.33. The van der Waals surface area contributed by atoms with E-state index in [1.54, 1.807) is 34.7 Å². The predicted molar refractivity (Wildman–Crippen MR) is 129 cm³/mol. The first-order valence-corrected chi connectivity index (χ1v) is 12.0. The van der Waals surface area contributed by atoms with Crippen molar-refractivity contribution >= 4 is 5.69 Å². The van der Waals surface area contributed by atoms with Crippen LogP contribution in [0, 0.1) is 0 Å². The summed E-state index contributed by atoms with van der Waals surface area (Å²) in [6.07, 6.45) is 11.2. The van der Waals surface area contributed by atoms with Crippen LogP contribution in [0.5, 0.6) is 5.75 Å². The molecule has 2 atom stereocenters. The van der Waals surface area contributed by atoms with Crippen molar-refractivity contribution in [3.8, 4) is 17.1 Å². The molecule has 1 aliphatic carbocycles. The molecule has 1 saturated carbocycles. The maximum absolute atomic E-state index is 13.1. The van der Waals surface area contributed by atoms with Crippen LogP contribution >= 0.6 is 0 Å². The Labute approximate surface area is 199 Å². The fourth-order valence-corrected chi connectivity index (χ4v) is 4.89. The third-order valence-electron chi connectivity index (χ3n) is 7.34. The van der Waals surface area contributed by atoms with E-state index in [-0.39, 0.29) is 11.7 Å². The van der Waals surface area contributed by atoms with Crippen LogP contribution in [0.4, 0.5) is 5.69 Å². The number of anilines is 1. The first-order chi connectivity index (χ1) is 16.5. The third kappa shape index (κ3) is 4.42. The van der Waals surface area contributed by atoms with E-state index in [1.807, 2.05) is 19.2 Å². The quantitative estimate of drug-likeness (QED) is 0.526. The SMILES string of the molecule is COc1cnnc(-c2cn(C(C)n3ccc(N4CCC[C@@H](N(C)C5CCC5)C4)cc3=O)nn2)c1. The Morgan fingerprint density at radius 3 is 2.68 bits per heavy atom. The zero-order valence-corrected chi connectivity index (χ0v) is 20.0. The van der Waals surface area contributed by atoms with Crippen LogP contribution in [0.15, 0.2) is 41.6 Å². The number of piperidine rings is 1. The summed E-state index contributed by atoms with van der Waals surface area (Å²) in [5.74, 6) is 0.596. The summed E-state index contributed by atoms with van der Waals surface area (Å²) < 4.78 is 8.53. The second-order valence-electron chi connectivity index (χ2n) is 9.32. The molecule has 10 heteroatoms. The van der Waals surface area contributed by atoms with Gasteiger partial charge in [-0.05, 0) is 45.7 Å². The van der Waals surface area contributed by atoms with Gasteiger partial charge in [0.15, 0.2) is 0 Å². The first-order valence-electron chi connectivity index (χ1n) is 12.0. The lowest BCUT2D eigenvalue weighted by molar-refractivity contribution is 0.100. The lowest BCUT2D eigenvalue weighted by Crippen LogP contribution is -2.52. The number of pyridine rings is 1. The van der Waals surface area contributed by atoms with Crippen LogP contribution in [-0.4, -0.2) is 74.0 Å². The van der Waals surface area contributed by atoms with Gasteiger partial charge in [0.25, 0.3) is 5.56 Å². The molecule has 180 valence electrons. The van der Waals surface area contributed by atoms with Crippen molar-refractivity contribution in [1.82, 2.24) is 34.7 Å². The Kier molecular flexibility index (Phi) is 6.32. The summed E-state index contributed by atoms with van der Waals surface area (Å²) in [5, 5.41) is 16.5. The molecule has 0 N–H and O–H groups in total. The number of hydrogen-bond acceptors (Lipinski definition) is 8. The minimum Gasteiger partial charge on any atom is -0.495 e. The topological polar surface area (TPSA) is 94.2 Å². The molecule has 0 radical (unpaired) electrons. The molecule has 1 unspecified atom stereocenters. The molecule has 2 fully saturated rings. The van der Waals surface area contributed by atoms with Gasteiger partial charge in [-0.1, -0.05) is 11.6 Å². The highest BCUT2D eigenvalue weighted by molar-refractivity contribution is 5.53. The fourth-order valence-electron chi connectivity index (χ4n) is 4.89. The molecule has 1 aliphatic heterocycles. The van der Waals surface area contributed by atoms with E-state index in [0.717, 1.165) is 31.2 Å². The van der Waals surface area contributed by atoms with Crippen molar-refractivity contribution in [2.24, 2.45) is 0 Å².